The molecule has 0 heterocycles. The fourth-order valence-electron chi connectivity index (χ4n) is 7.74. The molecule has 0 aliphatic heterocycles. The Hall–Kier alpha value is -4.19. The lowest BCUT2D eigenvalue weighted by molar-refractivity contribution is -0.167. The predicted octanol–water partition coefficient (Wildman–Crippen LogP) is 20.0. The summed E-state index contributed by atoms with van der Waals surface area (Å²) >= 11 is 0. The molecule has 0 radical (unpaired) electrons. The van der Waals surface area contributed by atoms with Gasteiger partial charge in [0.2, 0.25) is 0 Å². The van der Waals surface area contributed by atoms with Crippen LogP contribution in [0.3, 0.4) is 0 Å². The van der Waals surface area contributed by atoms with Crippen LogP contribution < -0.4 is 0 Å². The molecule has 0 aromatic heterocycles. The Morgan fingerprint density at radius 1 is 0.292 bits per heavy atom. The molecular weight excluding hydrogens is 889 g/mol. The molecule has 1 unspecified atom stereocenters. The molecule has 0 bridgehead atoms. The number of unbranched alkanes of at least 4 members (excludes halogenated alkanes) is 21. The summed E-state index contributed by atoms with van der Waals surface area (Å²) in [5.74, 6) is -0.993. The third-order valence-electron chi connectivity index (χ3n) is 12.2. The van der Waals surface area contributed by atoms with Gasteiger partial charge in [0.25, 0.3) is 0 Å². The Balaban J connectivity index is 4.47. The zero-order valence-corrected chi connectivity index (χ0v) is 46.7. The molecule has 0 fully saturated rings. The van der Waals surface area contributed by atoms with Crippen molar-refractivity contribution < 1.29 is 28.6 Å². The summed E-state index contributed by atoms with van der Waals surface area (Å²) in [7, 11) is 0. The summed E-state index contributed by atoms with van der Waals surface area (Å²) in [6, 6.07) is 0. The molecule has 408 valence electrons. The second-order valence-electron chi connectivity index (χ2n) is 19.2. The minimum Gasteiger partial charge on any atom is -0.462 e. The molecule has 0 amide bonds. The van der Waals surface area contributed by atoms with Gasteiger partial charge in [0.1, 0.15) is 13.2 Å². The highest BCUT2D eigenvalue weighted by Gasteiger charge is 2.19. The molecule has 0 N–H and O–H groups in total. The maximum Gasteiger partial charge on any atom is 0.306 e. The molecule has 0 rings (SSSR count). The van der Waals surface area contributed by atoms with E-state index in [1.54, 1.807) is 0 Å². The molecule has 72 heavy (non-hydrogen) atoms. The van der Waals surface area contributed by atoms with E-state index in [-0.39, 0.29) is 37.5 Å². The van der Waals surface area contributed by atoms with Crippen molar-refractivity contribution in [3.05, 3.63) is 122 Å². The molecule has 1 atom stereocenters. The van der Waals surface area contributed by atoms with Crippen molar-refractivity contribution in [2.24, 2.45) is 0 Å². The van der Waals surface area contributed by atoms with E-state index >= 15 is 0 Å². The Labute approximate surface area is 443 Å². The second-order valence-corrected chi connectivity index (χ2v) is 19.2. The van der Waals surface area contributed by atoms with Crippen LogP contribution in [0, 0.1) is 0 Å². The van der Waals surface area contributed by atoms with Crippen LogP contribution >= 0.6 is 0 Å². The van der Waals surface area contributed by atoms with Gasteiger partial charge in [0.15, 0.2) is 6.10 Å². The maximum absolute atomic E-state index is 12.8. The van der Waals surface area contributed by atoms with Gasteiger partial charge in [-0.3, -0.25) is 14.4 Å². The van der Waals surface area contributed by atoms with Gasteiger partial charge in [-0.15, -0.1) is 0 Å². The first-order chi connectivity index (χ1) is 35.5. The zero-order chi connectivity index (χ0) is 52.2. The smallest absolute Gasteiger partial charge is 0.306 e. The summed E-state index contributed by atoms with van der Waals surface area (Å²) in [4.78, 5) is 38.2. The monoisotopic (exact) mass is 997 g/mol. The van der Waals surface area contributed by atoms with Crippen molar-refractivity contribution in [3.8, 4) is 0 Å². The minimum atomic E-state index is -0.821. The standard InChI is InChI=1S/C66H108O6/c1-4-7-10-13-16-19-22-25-28-30-31-32-33-34-35-37-38-41-44-47-50-53-56-59-65(68)71-62-63(61-70-64(67)58-55-52-49-46-43-40-27-24-21-18-15-12-9-6-3)72-66(69)60-57-54-51-48-45-42-39-36-29-26-23-20-17-14-11-8-5-2/h8,11,15,17-18,20,22,24-27,29-31,33-34,39,42,48,51,63H,4-7,9-10,12-14,16,19,21,23,28,32,35-38,40-41,43-47,49-50,52-62H2,1-3H3/b11-8-,18-15-,20-17-,25-22-,27-24-,29-26-,31-30-,34-33-,42-39-,51-48-. The molecule has 0 saturated carbocycles. The summed E-state index contributed by atoms with van der Waals surface area (Å²) < 4.78 is 16.8. The SMILES string of the molecule is CC/C=C\C/C=C\C/C=C\C/C=C\C/C=C\CCCC(=O)OC(COC(=O)CCCCCCC/C=C\C/C=C\CCCC)COC(=O)CCCCCCCCCC/C=C\C/C=C\C/C=C\CCCCCCC. The lowest BCUT2D eigenvalue weighted by atomic mass is 10.1. The van der Waals surface area contributed by atoms with E-state index in [0.29, 0.717) is 19.3 Å². The molecule has 0 spiro atoms. The van der Waals surface area contributed by atoms with Crippen molar-refractivity contribution in [1.29, 1.82) is 0 Å². The number of hydrogen-bond acceptors (Lipinski definition) is 6. The molecular formula is C66H108O6. The van der Waals surface area contributed by atoms with Crippen LogP contribution in [-0.4, -0.2) is 37.2 Å². The van der Waals surface area contributed by atoms with Gasteiger partial charge < -0.3 is 14.2 Å². The fraction of sp³-hybridized carbons (Fsp3) is 0.652. The quantitative estimate of drug-likeness (QED) is 0.0261. The summed E-state index contributed by atoms with van der Waals surface area (Å²) in [6.45, 7) is 6.41. The normalized spacial score (nSPS) is 13.0. The van der Waals surface area contributed by atoms with Crippen molar-refractivity contribution in [1.82, 2.24) is 0 Å². The van der Waals surface area contributed by atoms with E-state index < -0.39 is 6.10 Å². The van der Waals surface area contributed by atoms with Gasteiger partial charge in [-0.2, -0.15) is 0 Å². The van der Waals surface area contributed by atoms with Crippen LogP contribution in [0.25, 0.3) is 0 Å². The van der Waals surface area contributed by atoms with Crippen molar-refractivity contribution >= 4 is 17.9 Å². The highest BCUT2D eigenvalue weighted by atomic mass is 16.6. The lowest BCUT2D eigenvalue weighted by Crippen LogP contribution is -2.30. The number of hydrogen-bond donors (Lipinski definition) is 0. The number of ether oxygens (including phenoxy) is 3. The van der Waals surface area contributed by atoms with Crippen molar-refractivity contribution in [2.45, 2.75) is 264 Å². The third kappa shape index (κ3) is 56.7. The number of rotatable bonds is 52. The highest BCUT2D eigenvalue weighted by molar-refractivity contribution is 5.71. The van der Waals surface area contributed by atoms with Crippen LogP contribution in [0.5, 0.6) is 0 Å². The van der Waals surface area contributed by atoms with Crippen LogP contribution in [0.1, 0.15) is 258 Å². The zero-order valence-electron chi connectivity index (χ0n) is 46.7. The van der Waals surface area contributed by atoms with Crippen LogP contribution in [0.4, 0.5) is 0 Å². The first-order valence-electron chi connectivity index (χ1n) is 29.5. The molecule has 0 aliphatic rings. The molecule has 0 aliphatic carbocycles. The fourth-order valence-corrected chi connectivity index (χ4v) is 7.74. The van der Waals surface area contributed by atoms with Crippen LogP contribution in [0.2, 0.25) is 0 Å². The average molecular weight is 998 g/mol. The predicted molar refractivity (Wildman–Crippen MR) is 311 cm³/mol. The number of carbonyl (C=O) groups excluding carboxylic acids is 3. The van der Waals surface area contributed by atoms with E-state index in [4.69, 9.17) is 14.2 Å². The molecule has 0 saturated heterocycles. The van der Waals surface area contributed by atoms with E-state index in [0.717, 1.165) is 122 Å². The molecule has 0 aromatic rings. The Morgan fingerprint density at radius 3 is 0.931 bits per heavy atom. The van der Waals surface area contributed by atoms with Crippen molar-refractivity contribution in [2.75, 3.05) is 13.2 Å². The Bertz CT molecular complexity index is 1520. The summed E-state index contributed by atoms with van der Waals surface area (Å²) in [5.41, 5.74) is 0. The first kappa shape index (κ1) is 67.8. The van der Waals surface area contributed by atoms with Gasteiger partial charge in [-0.05, 0) is 122 Å². The lowest BCUT2D eigenvalue weighted by Gasteiger charge is -2.18. The minimum absolute atomic E-state index is 0.112. The topological polar surface area (TPSA) is 78.9 Å². The summed E-state index contributed by atoms with van der Waals surface area (Å²) in [5, 5.41) is 0. The second kappa shape index (κ2) is 59.4. The third-order valence-corrected chi connectivity index (χ3v) is 12.2. The Morgan fingerprint density at radius 2 is 0.569 bits per heavy atom. The number of carbonyl (C=O) groups is 3. The molecule has 6 nitrogen and oxygen atoms in total. The van der Waals surface area contributed by atoms with Gasteiger partial charge in [0, 0.05) is 19.3 Å². The first-order valence-corrected chi connectivity index (χ1v) is 29.5. The summed E-state index contributed by atoms with van der Waals surface area (Å²) in [6.07, 6.45) is 81.9. The van der Waals surface area contributed by atoms with Gasteiger partial charge >= 0.3 is 17.9 Å². The van der Waals surface area contributed by atoms with Gasteiger partial charge in [-0.25, -0.2) is 0 Å². The van der Waals surface area contributed by atoms with E-state index in [2.05, 4.69) is 142 Å². The molecule has 6 heteroatoms. The highest BCUT2D eigenvalue weighted by Crippen LogP contribution is 2.14. The number of allylic oxidation sites excluding steroid dienone is 20. The molecule has 0 aromatic carbocycles. The van der Waals surface area contributed by atoms with E-state index in [9.17, 15) is 14.4 Å². The van der Waals surface area contributed by atoms with E-state index in [1.165, 1.54) is 89.9 Å². The van der Waals surface area contributed by atoms with E-state index in [1.807, 2.05) is 0 Å². The van der Waals surface area contributed by atoms with Crippen molar-refractivity contribution in [3.63, 3.8) is 0 Å². The van der Waals surface area contributed by atoms with Gasteiger partial charge in [0.05, 0.1) is 0 Å². The van der Waals surface area contributed by atoms with Crippen LogP contribution in [-0.2, 0) is 28.6 Å². The van der Waals surface area contributed by atoms with Crippen LogP contribution in [0.15, 0.2) is 122 Å². The van der Waals surface area contributed by atoms with Gasteiger partial charge in [-0.1, -0.05) is 239 Å². The Kier molecular flexibility index (Phi) is 55.9. The largest absolute Gasteiger partial charge is 0.462 e. The number of esters is 3. The maximum atomic E-state index is 12.8. The average Bonchev–Trinajstić information content (AvgIpc) is 3.38.